The van der Waals surface area contributed by atoms with Crippen molar-refractivity contribution in [1.82, 2.24) is 4.72 Å². The SMILES string of the molecule is CNS(=O)(=O)c1ccccc1OC. The molecule has 0 fully saturated rings. The minimum atomic E-state index is -3.42. The Morgan fingerprint density at radius 2 is 1.92 bits per heavy atom. The van der Waals surface area contributed by atoms with Crippen LogP contribution in [0.25, 0.3) is 0 Å². The number of ether oxygens (including phenoxy) is 1. The van der Waals surface area contributed by atoms with E-state index in [-0.39, 0.29) is 4.90 Å². The normalized spacial score (nSPS) is 11.2. The first-order chi connectivity index (χ1) is 6.11. The summed E-state index contributed by atoms with van der Waals surface area (Å²) in [5, 5.41) is 0. The van der Waals surface area contributed by atoms with Crippen molar-refractivity contribution in [3.05, 3.63) is 24.3 Å². The largest absolute Gasteiger partial charge is 0.495 e. The van der Waals surface area contributed by atoms with E-state index in [2.05, 4.69) is 4.72 Å². The van der Waals surface area contributed by atoms with Crippen LogP contribution >= 0.6 is 0 Å². The fourth-order valence-corrected chi connectivity index (χ4v) is 1.84. The number of hydrogen-bond donors (Lipinski definition) is 1. The molecule has 4 nitrogen and oxygen atoms in total. The van der Waals surface area contributed by atoms with E-state index in [9.17, 15) is 8.42 Å². The number of nitrogens with one attached hydrogen (secondary N) is 1. The molecule has 0 amide bonds. The lowest BCUT2D eigenvalue weighted by molar-refractivity contribution is 0.402. The van der Waals surface area contributed by atoms with Gasteiger partial charge in [0.2, 0.25) is 10.0 Å². The molecule has 13 heavy (non-hydrogen) atoms. The summed E-state index contributed by atoms with van der Waals surface area (Å²) in [6.07, 6.45) is 0. The van der Waals surface area contributed by atoms with Gasteiger partial charge in [0.25, 0.3) is 0 Å². The van der Waals surface area contributed by atoms with Crippen LogP contribution in [0.3, 0.4) is 0 Å². The van der Waals surface area contributed by atoms with E-state index in [0.717, 1.165) is 0 Å². The standard InChI is InChI=1S/C8H11NO3S/c1-9-13(10,11)8-6-4-3-5-7(8)12-2/h3-6,9H,1-2H3. The first-order valence-corrected chi connectivity index (χ1v) is 5.16. The Kier molecular flexibility index (Phi) is 2.90. The molecule has 1 rings (SSSR count). The molecule has 5 heteroatoms. The molecule has 0 bridgehead atoms. The molecule has 1 N–H and O–H groups in total. The molecule has 0 atom stereocenters. The second kappa shape index (κ2) is 3.76. The molecule has 0 saturated heterocycles. The van der Waals surface area contributed by atoms with E-state index >= 15 is 0 Å². The first kappa shape index (κ1) is 10.0. The van der Waals surface area contributed by atoms with Gasteiger partial charge in [0.05, 0.1) is 7.11 Å². The van der Waals surface area contributed by atoms with Crippen LogP contribution in [-0.4, -0.2) is 22.6 Å². The van der Waals surface area contributed by atoms with Crippen molar-refractivity contribution in [2.24, 2.45) is 0 Å². The second-order valence-corrected chi connectivity index (χ2v) is 4.21. The van der Waals surface area contributed by atoms with Crippen LogP contribution in [0.5, 0.6) is 5.75 Å². The summed E-state index contributed by atoms with van der Waals surface area (Å²) in [5.41, 5.74) is 0. The van der Waals surface area contributed by atoms with Crippen molar-refractivity contribution in [1.29, 1.82) is 0 Å². The van der Waals surface area contributed by atoms with Gasteiger partial charge in [-0.1, -0.05) is 12.1 Å². The molecular weight excluding hydrogens is 190 g/mol. The molecule has 0 aliphatic rings. The van der Waals surface area contributed by atoms with Crippen molar-refractivity contribution >= 4 is 10.0 Å². The Morgan fingerprint density at radius 1 is 1.31 bits per heavy atom. The third kappa shape index (κ3) is 1.99. The summed E-state index contributed by atoms with van der Waals surface area (Å²) in [5.74, 6) is 0.344. The van der Waals surface area contributed by atoms with Gasteiger partial charge in [0.1, 0.15) is 10.6 Å². The summed E-state index contributed by atoms with van der Waals surface area (Å²) in [7, 11) is -0.619. The second-order valence-electron chi connectivity index (χ2n) is 2.36. The summed E-state index contributed by atoms with van der Waals surface area (Å²) in [4.78, 5) is 0.153. The number of sulfonamides is 1. The molecule has 0 aromatic heterocycles. The number of hydrogen-bond acceptors (Lipinski definition) is 3. The lowest BCUT2D eigenvalue weighted by atomic mass is 10.3. The highest BCUT2D eigenvalue weighted by atomic mass is 32.2. The van der Waals surface area contributed by atoms with Gasteiger partial charge in [0, 0.05) is 0 Å². The molecule has 0 aliphatic carbocycles. The van der Waals surface area contributed by atoms with Crippen molar-refractivity contribution in [3.63, 3.8) is 0 Å². The average Bonchev–Trinajstić information content (AvgIpc) is 2.18. The zero-order chi connectivity index (χ0) is 9.90. The Hall–Kier alpha value is -1.07. The van der Waals surface area contributed by atoms with E-state index in [0.29, 0.717) is 5.75 Å². The first-order valence-electron chi connectivity index (χ1n) is 3.68. The number of para-hydroxylation sites is 1. The van der Waals surface area contributed by atoms with Gasteiger partial charge in [-0.15, -0.1) is 0 Å². The molecule has 0 heterocycles. The van der Waals surface area contributed by atoms with Gasteiger partial charge in [0.15, 0.2) is 0 Å². The van der Waals surface area contributed by atoms with Crippen LogP contribution in [-0.2, 0) is 10.0 Å². The van der Waals surface area contributed by atoms with Crippen LogP contribution in [0.15, 0.2) is 29.2 Å². The van der Waals surface area contributed by atoms with Gasteiger partial charge in [-0.25, -0.2) is 13.1 Å². The molecule has 72 valence electrons. The topological polar surface area (TPSA) is 55.4 Å². The van der Waals surface area contributed by atoms with Crippen molar-refractivity contribution in [3.8, 4) is 5.75 Å². The Bertz CT molecular complexity index is 386. The maximum absolute atomic E-state index is 11.4. The molecule has 0 spiro atoms. The highest BCUT2D eigenvalue weighted by Gasteiger charge is 2.15. The van der Waals surface area contributed by atoms with Crippen LogP contribution < -0.4 is 9.46 Å². The zero-order valence-electron chi connectivity index (χ0n) is 7.44. The Morgan fingerprint density at radius 3 is 2.46 bits per heavy atom. The minimum absolute atomic E-state index is 0.153. The van der Waals surface area contributed by atoms with E-state index < -0.39 is 10.0 Å². The smallest absolute Gasteiger partial charge is 0.243 e. The predicted octanol–water partition coefficient (Wildman–Crippen LogP) is 0.603. The van der Waals surface area contributed by atoms with Crippen molar-refractivity contribution in [2.75, 3.05) is 14.2 Å². The van der Waals surface area contributed by atoms with Gasteiger partial charge in [-0.05, 0) is 19.2 Å². The molecule has 0 unspecified atom stereocenters. The maximum atomic E-state index is 11.4. The quantitative estimate of drug-likeness (QED) is 0.779. The number of benzene rings is 1. The van der Waals surface area contributed by atoms with Crippen LogP contribution in [0, 0.1) is 0 Å². The third-order valence-corrected chi connectivity index (χ3v) is 3.08. The monoisotopic (exact) mass is 201 g/mol. The van der Waals surface area contributed by atoms with Gasteiger partial charge in [-0.3, -0.25) is 0 Å². The van der Waals surface area contributed by atoms with Crippen LogP contribution in [0.1, 0.15) is 0 Å². The molecule has 0 saturated carbocycles. The molecular formula is C8H11NO3S. The lowest BCUT2D eigenvalue weighted by Gasteiger charge is -2.07. The number of methoxy groups -OCH3 is 1. The maximum Gasteiger partial charge on any atom is 0.243 e. The fourth-order valence-electron chi connectivity index (χ4n) is 0.951. The molecule has 1 aromatic rings. The van der Waals surface area contributed by atoms with Crippen LogP contribution in [0.4, 0.5) is 0 Å². The molecule has 0 radical (unpaired) electrons. The van der Waals surface area contributed by atoms with E-state index in [1.54, 1.807) is 18.2 Å². The average molecular weight is 201 g/mol. The van der Waals surface area contributed by atoms with Gasteiger partial charge >= 0.3 is 0 Å². The van der Waals surface area contributed by atoms with Crippen molar-refractivity contribution < 1.29 is 13.2 Å². The zero-order valence-corrected chi connectivity index (χ0v) is 8.26. The summed E-state index contributed by atoms with van der Waals surface area (Å²) < 4.78 is 29.9. The summed E-state index contributed by atoms with van der Waals surface area (Å²) in [6, 6.07) is 6.45. The van der Waals surface area contributed by atoms with Crippen molar-refractivity contribution in [2.45, 2.75) is 4.90 Å². The van der Waals surface area contributed by atoms with E-state index in [1.807, 2.05) is 0 Å². The molecule has 1 aromatic carbocycles. The highest BCUT2D eigenvalue weighted by Crippen LogP contribution is 2.21. The summed E-state index contributed by atoms with van der Waals surface area (Å²) >= 11 is 0. The van der Waals surface area contributed by atoms with Gasteiger partial charge < -0.3 is 4.74 Å². The third-order valence-electron chi connectivity index (χ3n) is 1.63. The highest BCUT2D eigenvalue weighted by molar-refractivity contribution is 7.89. The fraction of sp³-hybridized carbons (Fsp3) is 0.250. The Labute approximate surface area is 77.6 Å². The van der Waals surface area contributed by atoms with E-state index in [4.69, 9.17) is 4.74 Å². The van der Waals surface area contributed by atoms with Crippen LogP contribution in [0.2, 0.25) is 0 Å². The molecule has 0 aliphatic heterocycles. The number of rotatable bonds is 3. The lowest BCUT2D eigenvalue weighted by Crippen LogP contribution is -2.19. The van der Waals surface area contributed by atoms with E-state index in [1.165, 1.54) is 20.2 Å². The minimum Gasteiger partial charge on any atom is -0.495 e. The summed E-state index contributed by atoms with van der Waals surface area (Å²) in [6.45, 7) is 0. The predicted molar refractivity (Wildman–Crippen MR) is 49.2 cm³/mol. The van der Waals surface area contributed by atoms with Gasteiger partial charge in [-0.2, -0.15) is 0 Å². The Balaban J connectivity index is 3.29.